The van der Waals surface area contributed by atoms with Crippen molar-refractivity contribution in [1.82, 2.24) is 9.99 Å². The number of hydrogen-bond donors (Lipinski definition) is 1. The van der Waals surface area contributed by atoms with Gasteiger partial charge in [-0.1, -0.05) is 42.8 Å². The van der Waals surface area contributed by atoms with Crippen molar-refractivity contribution in [3.63, 3.8) is 0 Å². The van der Waals surface area contributed by atoms with Gasteiger partial charge in [0.15, 0.2) is 0 Å². The molecule has 1 amide bonds. The van der Waals surface area contributed by atoms with Crippen molar-refractivity contribution in [3.05, 3.63) is 70.6 Å². The maximum absolute atomic E-state index is 12.1. The maximum atomic E-state index is 12.1. The summed E-state index contributed by atoms with van der Waals surface area (Å²) in [5.74, 6) is -0.0205. The molecular weight excluding hydrogens is 302 g/mol. The highest BCUT2D eigenvalue weighted by Crippen LogP contribution is 2.30. The smallest absolute Gasteiger partial charge is 0.260 e. The Morgan fingerprint density at radius 3 is 2.71 bits per heavy atom. The lowest BCUT2D eigenvalue weighted by molar-refractivity contribution is -0.121. The van der Waals surface area contributed by atoms with Crippen LogP contribution in [0.25, 0.3) is 0 Å². The first kappa shape index (κ1) is 16.2. The van der Waals surface area contributed by atoms with Gasteiger partial charge in [-0.15, -0.1) is 0 Å². The zero-order valence-electron chi connectivity index (χ0n) is 13.5. The number of hydrazone groups is 1. The Labute approximate surface area is 141 Å². The van der Waals surface area contributed by atoms with Gasteiger partial charge in [0.2, 0.25) is 0 Å². The van der Waals surface area contributed by atoms with E-state index in [1.807, 2.05) is 18.2 Å². The molecule has 1 heterocycles. The summed E-state index contributed by atoms with van der Waals surface area (Å²) in [6, 6.07) is 15.1. The molecule has 1 aromatic heterocycles. The molecule has 1 aliphatic rings. The van der Waals surface area contributed by atoms with E-state index in [-0.39, 0.29) is 23.9 Å². The number of rotatable bonds is 4. The molecule has 5 heteroatoms. The number of benzene rings is 1. The summed E-state index contributed by atoms with van der Waals surface area (Å²) >= 11 is 0. The van der Waals surface area contributed by atoms with Gasteiger partial charge < -0.3 is 4.57 Å². The van der Waals surface area contributed by atoms with Crippen molar-refractivity contribution < 1.29 is 4.79 Å². The number of aromatic nitrogens is 1. The molecule has 1 saturated carbocycles. The second-order valence-corrected chi connectivity index (χ2v) is 6.01. The van der Waals surface area contributed by atoms with Crippen LogP contribution in [-0.4, -0.2) is 16.2 Å². The van der Waals surface area contributed by atoms with E-state index in [2.05, 4.69) is 22.7 Å². The van der Waals surface area contributed by atoms with Crippen LogP contribution in [0.1, 0.15) is 37.2 Å². The van der Waals surface area contributed by atoms with Gasteiger partial charge in [-0.3, -0.25) is 9.59 Å². The number of hydrogen-bond acceptors (Lipinski definition) is 3. The monoisotopic (exact) mass is 323 g/mol. The van der Waals surface area contributed by atoms with E-state index in [1.165, 1.54) is 22.6 Å². The molecule has 1 N–H and O–H groups in total. The van der Waals surface area contributed by atoms with Crippen LogP contribution in [0.15, 0.2) is 64.6 Å². The molecule has 0 bridgehead atoms. The second-order valence-electron chi connectivity index (χ2n) is 6.01. The van der Waals surface area contributed by atoms with Crippen LogP contribution >= 0.6 is 0 Å². The van der Waals surface area contributed by atoms with Crippen molar-refractivity contribution in [2.45, 2.75) is 38.1 Å². The average molecular weight is 323 g/mol. The molecule has 1 aliphatic carbocycles. The highest BCUT2D eigenvalue weighted by Gasteiger charge is 2.22. The largest absolute Gasteiger partial charge is 0.306 e. The topological polar surface area (TPSA) is 63.5 Å². The summed E-state index contributed by atoms with van der Waals surface area (Å²) < 4.78 is 1.37. The van der Waals surface area contributed by atoms with Crippen molar-refractivity contribution in [1.29, 1.82) is 0 Å². The van der Waals surface area contributed by atoms with Gasteiger partial charge in [-0.05, 0) is 30.9 Å². The van der Waals surface area contributed by atoms with Gasteiger partial charge in [-0.25, -0.2) is 5.43 Å². The molecule has 1 fully saturated rings. The maximum Gasteiger partial charge on any atom is 0.260 e. The van der Waals surface area contributed by atoms with Crippen LogP contribution < -0.4 is 11.0 Å². The molecule has 1 aromatic carbocycles. The third-order valence-corrected chi connectivity index (χ3v) is 4.32. The normalized spacial score (nSPS) is 19.2. The van der Waals surface area contributed by atoms with Gasteiger partial charge in [0.1, 0.15) is 6.54 Å². The lowest BCUT2D eigenvalue weighted by Gasteiger charge is -2.24. The van der Waals surface area contributed by atoms with E-state index >= 15 is 0 Å². The van der Waals surface area contributed by atoms with Crippen LogP contribution in [0.2, 0.25) is 0 Å². The predicted molar refractivity (Wildman–Crippen MR) is 93.9 cm³/mol. The van der Waals surface area contributed by atoms with Crippen molar-refractivity contribution >= 4 is 11.6 Å². The minimum absolute atomic E-state index is 0.0214. The van der Waals surface area contributed by atoms with E-state index in [0.717, 1.165) is 25.0 Å². The molecule has 2 aromatic rings. The molecule has 5 nitrogen and oxygen atoms in total. The van der Waals surface area contributed by atoms with Crippen LogP contribution in [0.4, 0.5) is 0 Å². The summed E-state index contributed by atoms with van der Waals surface area (Å²) in [4.78, 5) is 23.7. The third-order valence-electron chi connectivity index (χ3n) is 4.32. The number of pyridine rings is 1. The fraction of sp³-hybridized carbons (Fsp3) is 0.316. The zero-order chi connectivity index (χ0) is 16.8. The fourth-order valence-corrected chi connectivity index (χ4v) is 3.09. The quantitative estimate of drug-likeness (QED) is 0.879. The first-order chi connectivity index (χ1) is 11.7. The molecule has 0 aliphatic heterocycles. The van der Waals surface area contributed by atoms with Gasteiger partial charge in [0, 0.05) is 23.9 Å². The molecule has 3 rings (SSSR count). The number of nitrogens with one attached hydrogen (secondary N) is 1. The zero-order valence-corrected chi connectivity index (χ0v) is 13.5. The summed E-state index contributed by atoms with van der Waals surface area (Å²) in [5.41, 5.74) is 4.68. The van der Waals surface area contributed by atoms with Gasteiger partial charge >= 0.3 is 0 Å². The Balaban J connectivity index is 1.69. The SMILES string of the molecule is O=C(Cn1ccccc1=O)N/N=C1/CCCC[C@@H]1c1ccccc1. The fourth-order valence-electron chi connectivity index (χ4n) is 3.09. The number of nitrogens with zero attached hydrogens (tertiary/aromatic N) is 2. The van der Waals surface area contributed by atoms with E-state index in [1.54, 1.807) is 18.3 Å². The molecule has 0 saturated heterocycles. The molecular formula is C19H21N3O2. The van der Waals surface area contributed by atoms with Gasteiger partial charge in [-0.2, -0.15) is 5.10 Å². The number of carbonyl (C=O) groups excluding carboxylic acids is 1. The highest BCUT2D eigenvalue weighted by atomic mass is 16.2. The Bertz CT molecular complexity index is 780. The summed E-state index contributed by atoms with van der Waals surface area (Å²) in [6.07, 6.45) is 5.81. The Hall–Kier alpha value is -2.69. The summed E-state index contributed by atoms with van der Waals surface area (Å²) in [7, 11) is 0. The van der Waals surface area contributed by atoms with Gasteiger partial charge in [0.05, 0.1) is 0 Å². The Kier molecular flexibility index (Phi) is 5.21. The minimum atomic E-state index is -0.284. The third kappa shape index (κ3) is 3.98. The second kappa shape index (κ2) is 7.73. The number of amides is 1. The number of carbonyl (C=O) groups is 1. The molecule has 1 atom stereocenters. The van der Waals surface area contributed by atoms with E-state index < -0.39 is 0 Å². The van der Waals surface area contributed by atoms with Gasteiger partial charge in [0.25, 0.3) is 11.5 Å². The molecule has 24 heavy (non-hydrogen) atoms. The molecule has 124 valence electrons. The van der Waals surface area contributed by atoms with Crippen LogP contribution in [0, 0.1) is 0 Å². The summed E-state index contributed by atoms with van der Waals surface area (Å²) in [5, 5.41) is 4.37. The van der Waals surface area contributed by atoms with Crippen LogP contribution in [0.5, 0.6) is 0 Å². The van der Waals surface area contributed by atoms with Crippen LogP contribution in [0.3, 0.4) is 0 Å². The van der Waals surface area contributed by atoms with Crippen molar-refractivity contribution in [2.75, 3.05) is 0 Å². The summed E-state index contributed by atoms with van der Waals surface area (Å²) in [6.45, 7) is -0.0214. The molecule has 0 unspecified atom stereocenters. The predicted octanol–water partition coefficient (Wildman–Crippen LogP) is 2.68. The lowest BCUT2D eigenvalue weighted by Crippen LogP contribution is -2.30. The van der Waals surface area contributed by atoms with Crippen molar-refractivity contribution in [3.8, 4) is 0 Å². The first-order valence-electron chi connectivity index (χ1n) is 8.30. The standard InChI is InChI=1S/C19H21N3O2/c23-18(14-22-13-7-6-12-19(22)24)21-20-17-11-5-4-10-16(17)15-8-2-1-3-9-15/h1-3,6-9,12-13,16H,4-5,10-11,14H2,(H,21,23)/b20-17-/t16-/m1/s1. The van der Waals surface area contributed by atoms with Crippen molar-refractivity contribution in [2.24, 2.45) is 5.10 Å². The molecule has 0 radical (unpaired) electrons. The molecule has 0 spiro atoms. The first-order valence-corrected chi connectivity index (χ1v) is 8.30. The Morgan fingerprint density at radius 1 is 1.12 bits per heavy atom. The average Bonchev–Trinajstić information content (AvgIpc) is 2.63. The van der Waals surface area contributed by atoms with E-state index in [9.17, 15) is 9.59 Å². The lowest BCUT2D eigenvalue weighted by atomic mass is 9.82. The highest BCUT2D eigenvalue weighted by molar-refractivity contribution is 5.92. The van der Waals surface area contributed by atoms with Crippen LogP contribution in [-0.2, 0) is 11.3 Å². The minimum Gasteiger partial charge on any atom is -0.306 e. The Morgan fingerprint density at radius 2 is 1.92 bits per heavy atom. The van der Waals surface area contributed by atoms with E-state index in [4.69, 9.17) is 0 Å². The van der Waals surface area contributed by atoms with E-state index in [0.29, 0.717) is 0 Å².